The molecule has 0 aliphatic carbocycles. The summed E-state index contributed by atoms with van der Waals surface area (Å²) in [5.41, 5.74) is 1.38. The minimum absolute atomic E-state index is 0. The van der Waals surface area contributed by atoms with Crippen molar-refractivity contribution in [3.05, 3.63) is 59.4 Å². The van der Waals surface area contributed by atoms with Gasteiger partial charge in [-0.3, -0.25) is 9.80 Å². The van der Waals surface area contributed by atoms with Crippen LogP contribution in [0.5, 0.6) is 0 Å². The topological polar surface area (TPSA) is 78.0 Å². The van der Waals surface area contributed by atoms with E-state index in [0.29, 0.717) is 42.7 Å². The van der Waals surface area contributed by atoms with Crippen molar-refractivity contribution in [2.24, 2.45) is 0 Å². The molecule has 7 nitrogen and oxygen atoms in total. The number of piperidine rings is 1. The molecule has 11 heteroatoms. The van der Waals surface area contributed by atoms with E-state index in [2.05, 4.69) is 9.80 Å². The van der Waals surface area contributed by atoms with Crippen molar-refractivity contribution in [1.82, 2.24) is 14.1 Å². The Morgan fingerprint density at radius 3 is 2.28 bits per heavy atom. The quantitative estimate of drug-likeness (QED) is 0.540. The Labute approximate surface area is 220 Å². The Bertz CT molecular complexity index is 1270. The molecule has 2 aromatic rings. The summed E-state index contributed by atoms with van der Waals surface area (Å²) in [5, 5.41) is 0. The summed E-state index contributed by atoms with van der Waals surface area (Å²) in [7, 11) is -7.01. The molecular formula is C25H35ClFN3O4S2. The van der Waals surface area contributed by atoms with Gasteiger partial charge in [-0.2, -0.15) is 4.31 Å². The number of halogens is 2. The lowest BCUT2D eigenvalue weighted by Gasteiger charge is -2.38. The molecule has 0 N–H and O–H groups in total. The van der Waals surface area contributed by atoms with E-state index >= 15 is 0 Å². The molecule has 36 heavy (non-hydrogen) atoms. The first-order chi connectivity index (χ1) is 16.6. The Kier molecular flexibility index (Phi) is 9.57. The van der Waals surface area contributed by atoms with Crippen molar-refractivity contribution in [2.75, 3.05) is 45.5 Å². The molecule has 2 aromatic carbocycles. The molecule has 2 saturated heterocycles. The van der Waals surface area contributed by atoms with E-state index in [1.807, 2.05) is 12.1 Å². The molecule has 2 aliphatic heterocycles. The zero-order valence-electron chi connectivity index (χ0n) is 20.8. The minimum atomic E-state index is -3.74. The van der Waals surface area contributed by atoms with Crippen LogP contribution in [0.1, 0.15) is 30.4 Å². The molecule has 0 unspecified atom stereocenters. The Balaban J connectivity index is 0.00000361. The van der Waals surface area contributed by atoms with Crippen molar-refractivity contribution in [1.29, 1.82) is 0 Å². The number of sulfonamides is 1. The second-order valence-electron chi connectivity index (χ2n) is 9.59. The monoisotopic (exact) mass is 559 g/mol. The highest BCUT2D eigenvalue weighted by atomic mass is 35.5. The van der Waals surface area contributed by atoms with E-state index in [1.165, 1.54) is 22.7 Å². The predicted molar refractivity (Wildman–Crippen MR) is 141 cm³/mol. The first-order valence-electron chi connectivity index (χ1n) is 12.1. The second-order valence-corrected chi connectivity index (χ2v) is 13.5. The number of likely N-dealkylation sites (tertiary alicyclic amines) is 1. The average Bonchev–Trinajstić information content (AvgIpc) is 3.08. The summed E-state index contributed by atoms with van der Waals surface area (Å²) in [6.45, 7) is 6.32. The standard InChI is InChI=1S/C25H34FN3O4S2.ClH/c1-20-8-9-22(26)18-25(20)35(32,33)29-13-5-12-28(16-17-29)23-10-14-27(15-11-23)19-21-6-3-4-7-24(21)34(2,30)31;/h3-4,6-9,18,23H,5,10-17,19H2,1-2H3;1H. The van der Waals surface area contributed by atoms with Gasteiger partial charge in [0.15, 0.2) is 9.84 Å². The number of nitrogens with zero attached hydrogens (tertiary/aromatic N) is 3. The van der Waals surface area contributed by atoms with Gasteiger partial charge in [0.1, 0.15) is 5.82 Å². The summed E-state index contributed by atoms with van der Waals surface area (Å²) >= 11 is 0. The molecule has 0 amide bonds. The van der Waals surface area contributed by atoms with Crippen LogP contribution in [0.15, 0.2) is 52.3 Å². The molecule has 0 saturated carbocycles. The molecule has 0 radical (unpaired) electrons. The third-order valence-corrected chi connectivity index (χ3v) is 10.3. The van der Waals surface area contributed by atoms with Gasteiger partial charge in [0.25, 0.3) is 0 Å². The molecule has 200 valence electrons. The van der Waals surface area contributed by atoms with Crippen molar-refractivity contribution in [3.63, 3.8) is 0 Å². The van der Waals surface area contributed by atoms with Gasteiger partial charge in [0.2, 0.25) is 10.0 Å². The smallest absolute Gasteiger partial charge is 0.243 e. The average molecular weight is 560 g/mol. The van der Waals surface area contributed by atoms with E-state index in [9.17, 15) is 21.2 Å². The van der Waals surface area contributed by atoms with E-state index in [0.717, 1.165) is 50.5 Å². The van der Waals surface area contributed by atoms with Crippen LogP contribution in [-0.2, 0) is 26.4 Å². The highest BCUT2D eigenvalue weighted by Crippen LogP contribution is 2.25. The maximum Gasteiger partial charge on any atom is 0.243 e. The van der Waals surface area contributed by atoms with Crippen LogP contribution in [0.4, 0.5) is 4.39 Å². The highest BCUT2D eigenvalue weighted by Gasteiger charge is 2.31. The van der Waals surface area contributed by atoms with Gasteiger partial charge in [-0.1, -0.05) is 24.3 Å². The molecule has 0 aromatic heterocycles. The highest BCUT2D eigenvalue weighted by molar-refractivity contribution is 7.90. The Morgan fingerprint density at radius 2 is 1.58 bits per heavy atom. The fourth-order valence-corrected chi connectivity index (χ4v) is 7.83. The summed E-state index contributed by atoms with van der Waals surface area (Å²) in [6.07, 6.45) is 3.89. The number of hydrogen-bond acceptors (Lipinski definition) is 6. The second kappa shape index (κ2) is 11.9. The fourth-order valence-electron chi connectivity index (χ4n) is 5.19. The van der Waals surface area contributed by atoms with Gasteiger partial charge in [-0.25, -0.2) is 21.2 Å². The number of benzene rings is 2. The maximum absolute atomic E-state index is 13.8. The van der Waals surface area contributed by atoms with Crippen LogP contribution in [-0.4, -0.2) is 82.5 Å². The third kappa shape index (κ3) is 6.65. The zero-order chi connectivity index (χ0) is 25.2. The van der Waals surface area contributed by atoms with Crippen LogP contribution >= 0.6 is 12.4 Å². The molecule has 2 fully saturated rings. The summed E-state index contributed by atoms with van der Waals surface area (Å²) in [6, 6.07) is 11.5. The normalized spacial score (nSPS) is 19.5. The summed E-state index contributed by atoms with van der Waals surface area (Å²) in [5.74, 6) is -0.545. The van der Waals surface area contributed by atoms with Crippen LogP contribution in [0.3, 0.4) is 0 Å². The molecule has 0 atom stereocenters. The van der Waals surface area contributed by atoms with Gasteiger partial charge in [-0.05, 0) is 75.1 Å². The van der Waals surface area contributed by atoms with Gasteiger partial charge in [0, 0.05) is 38.5 Å². The first kappa shape index (κ1) is 29.0. The van der Waals surface area contributed by atoms with Gasteiger partial charge >= 0.3 is 0 Å². The number of aryl methyl sites for hydroxylation is 1. The molecular weight excluding hydrogens is 525 g/mol. The van der Waals surface area contributed by atoms with E-state index < -0.39 is 25.7 Å². The van der Waals surface area contributed by atoms with Crippen molar-refractivity contribution in [2.45, 2.75) is 48.6 Å². The lowest BCUT2D eigenvalue weighted by atomic mass is 10.0. The number of hydrogen-bond donors (Lipinski definition) is 0. The number of rotatable bonds is 6. The molecule has 0 bridgehead atoms. The minimum Gasteiger partial charge on any atom is -0.299 e. The van der Waals surface area contributed by atoms with E-state index in [1.54, 1.807) is 19.1 Å². The third-order valence-electron chi connectivity index (χ3n) is 7.10. The van der Waals surface area contributed by atoms with E-state index in [-0.39, 0.29) is 17.3 Å². The lowest BCUT2D eigenvalue weighted by molar-refractivity contribution is 0.108. The SMILES string of the molecule is Cc1ccc(F)cc1S(=O)(=O)N1CCCN(C2CCN(Cc3ccccc3S(C)(=O)=O)CC2)CC1.Cl. The van der Waals surface area contributed by atoms with Crippen molar-refractivity contribution < 1.29 is 21.2 Å². The van der Waals surface area contributed by atoms with Crippen LogP contribution in [0, 0.1) is 12.7 Å². The molecule has 0 spiro atoms. The largest absolute Gasteiger partial charge is 0.299 e. The van der Waals surface area contributed by atoms with Crippen molar-refractivity contribution >= 4 is 32.3 Å². The summed E-state index contributed by atoms with van der Waals surface area (Å²) < 4.78 is 65.9. The summed E-state index contributed by atoms with van der Waals surface area (Å²) in [4.78, 5) is 5.12. The van der Waals surface area contributed by atoms with Crippen LogP contribution < -0.4 is 0 Å². The van der Waals surface area contributed by atoms with Gasteiger partial charge in [-0.15, -0.1) is 12.4 Å². The van der Waals surface area contributed by atoms with Gasteiger partial charge < -0.3 is 0 Å². The molecule has 4 rings (SSSR count). The predicted octanol–water partition coefficient (Wildman–Crippen LogP) is 3.32. The molecule has 2 aliphatic rings. The van der Waals surface area contributed by atoms with Gasteiger partial charge in [0.05, 0.1) is 9.79 Å². The Hall–Kier alpha value is -1.56. The fraction of sp³-hybridized carbons (Fsp3) is 0.520. The first-order valence-corrected chi connectivity index (χ1v) is 15.4. The zero-order valence-corrected chi connectivity index (χ0v) is 23.2. The van der Waals surface area contributed by atoms with Crippen LogP contribution in [0.25, 0.3) is 0 Å². The Morgan fingerprint density at radius 1 is 0.889 bits per heavy atom. The van der Waals surface area contributed by atoms with Crippen LogP contribution in [0.2, 0.25) is 0 Å². The molecule has 2 heterocycles. The van der Waals surface area contributed by atoms with E-state index in [4.69, 9.17) is 0 Å². The lowest BCUT2D eigenvalue weighted by Crippen LogP contribution is -2.46. The number of sulfone groups is 1. The van der Waals surface area contributed by atoms with Crippen molar-refractivity contribution in [3.8, 4) is 0 Å². The maximum atomic E-state index is 13.8.